The van der Waals surface area contributed by atoms with Crippen LogP contribution < -0.4 is 4.90 Å². The molecule has 0 aliphatic carbocycles. The molecule has 0 saturated heterocycles. The third-order valence-electron chi connectivity index (χ3n) is 4.87. The van der Waals surface area contributed by atoms with Gasteiger partial charge in [0.2, 0.25) is 0 Å². The monoisotopic (exact) mass is 598 g/mol. The van der Waals surface area contributed by atoms with Crippen molar-refractivity contribution in [1.82, 2.24) is 4.98 Å². The molecule has 0 bridgehead atoms. The number of amides is 1. The Hall–Kier alpha value is -2.13. The fourth-order valence-electron chi connectivity index (χ4n) is 3.28. The number of rotatable bonds is 7. The van der Waals surface area contributed by atoms with E-state index in [-0.39, 0.29) is 6.54 Å². The van der Waals surface area contributed by atoms with Gasteiger partial charge in [0.15, 0.2) is 5.13 Å². The normalized spacial score (nSPS) is 12.2. The molecule has 35 heavy (non-hydrogen) atoms. The second-order valence-corrected chi connectivity index (χ2v) is 11.9. The maximum atomic E-state index is 13.3. The van der Waals surface area contributed by atoms with E-state index < -0.39 is 23.6 Å². The minimum absolute atomic E-state index is 0.0250. The number of aromatic nitrogens is 1. The summed E-state index contributed by atoms with van der Waals surface area (Å²) >= 11 is 17.1. The lowest BCUT2D eigenvalue weighted by Gasteiger charge is -2.28. The van der Waals surface area contributed by atoms with Crippen LogP contribution in [0, 0.1) is 5.92 Å². The van der Waals surface area contributed by atoms with Crippen LogP contribution in [0.1, 0.15) is 26.3 Å². The van der Waals surface area contributed by atoms with Crippen molar-refractivity contribution in [3.05, 3.63) is 67.9 Å². The van der Waals surface area contributed by atoms with Crippen molar-refractivity contribution in [2.24, 2.45) is 5.92 Å². The summed E-state index contributed by atoms with van der Waals surface area (Å²) in [6.07, 6.45) is -0.222. The predicted octanol–water partition coefficient (Wildman–Crippen LogP) is 7.65. The highest BCUT2D eigenvalue weighted by atomic mass is 79.9. The van der Waals surface area contributed by atoms with Gasteiger partial charge in [-0.3, -0.25) is 9.69 Å². The smallest absolute Gasteiger partial charge is 0.416 e. The molecule has 0 saturated carbocycles. The number of ether oxygens (including phenoxy) is 2. The van der Waals surface area contributed by atoms with E-state index in [1.807, 2.05) is 30.3 Å². The molecule has 6 nitrogen and oxygen atoms in total. The Kier molecular flexibility index (Phi) is 9.21. The summed E-state index contributed by atoms with van der Waals surface area (Å²) in [6, 6.07) is 14.7. The van der Waals surface area contributed by atoms with Crippen molar-refractivity contribution in [3.8, 4) is 11.3 Å². The number of hydrogen-bond acceptors (Lipinski definition) is 6. The molecule has 10 heteroatoms. The van der Waals surface area contributed by atoms with Gasteiger partial charge in [0.1, 0.15) is 5.60 Å². The summed E-state index contributed by atoms with van der Waals surface area (Å²) in [5, 5.41) is 1.19. The first-order valence-corrected chi connectivity index (χ1v) is 13.1. The van der Waals surface area contributed by atoms with Crippen LogP contribution in [0.3, 0.4) is 0 Å². The summed E-state index contributed by atoms with van der Waals surface area (Å²) in [5.74, 6) is -1.06. The molecule has 0 spiro atoms. The molecule has 1 unspecified atom stereocenters. The number of halogens is 3. The molecule has 3 rings (SSSR count). The molecule has 0 radical (unpaired) electrons. The van der Waals surface area contributed by atoms with Crippen molar-refractivity contribution in [2.45, 2.75) is 32.8 Å². The molecule has 1 heterocycles. The van der Waals surface area contributed by atoms with E-state index in [0.29, 0.717) is 31.1 Å². The van der Waals surface area contributed by atoms with E-state index in [1.54, 1.807) is 39.0 Å². The molecule has 0 fully saturated rings. The summed E-state index contributed by atoms with van der Waals surface area (Å²) < 4.78 is 11.4. The highest BCUT2D eigenvalue weighted by Crippen LogP contribution is 2.39. The third kappa shape index (κ3) is 7.43. The molecule has 1 aromatic heterocycles. The topological polar surface area (TPSA) is 68.7 Å². The summed E-state index contributed by atoms with van der Waals surface area (Å²) in [4.78, 5) is 32.0. The van der Waals surface area contributed by atoms with Crippen LogP contribution in [0.5, 0.6) is 0 Å². The van der Waals surface area contributed by atoms with Crippen molar-refractivity contribution < 1.29 is 19.1 Å². The zero-order valence-corrected chi connectivity index (χ0v) is 23.6. The molecule has 0 aliphatic heterocycles. The first-order valence-electron chi connectivity index (χ1n) is 10.7. The minimum atomic E-state index is -0.740. The van der Waals surface area contributed by atoms with E-state index in [9.17, 15) is 9.59 Å². The van der Waals surface area contributed by atoms with Gasteiger partial charge in [0, 0.05) is 12.1 Å². The Labute approximate surface area is 227 Å². The van der Waals surface area contributed by atoms with Gasteiger partial charge in [0.25, 0.3) is 0 Å². The maximum Gasteiger partial charge on any atom is 0.416 e. The van der Waals surface area contributed by atoms with Crippen molar-refractivity contribution >= 4 is 67.7 Å². The molecule has 0 aliphatic rings. The summed E-state index contributed by atoms with van der Waals surface area (Å²) in [5.41, 5.74) is 1.53. The SMILES string of the molecule is COC(=O)C(Cc1ccccc1)CN(C(=O)OC(C)(C)C)c1nc(-c2ccc(Cl)c(Cl)c2)c(Br)s1. The second kappa shape index (κ2) is 11.7. The number of carbonyl (C=O) groups is 2. The average molecular weight is 600 g/mol. The largest absolute Gasteiger partial charge is 0.469 e. The zero-order chi connectivity index (χ0) is 25.8. The first-order chi connectivity index (χ1) is 16.5. The average Bonchev–Trinajstić information content (AvgIpc) is 3.18. The van der Waals surface area contributed by atoms with Crippen molar-refractivity contribution in [3.63, 3.8) is 0 Å². The highest BCUT2D eigenvalue weighted by Gasteiger charge is 2.32. The number of carbonyl (C=O) groups excluding carboxylic acids is 2. The van der Waals surface area contributed by atoms with Crippen LogP contribution in [0.15, 0.2) is 52.3 Å². The third-order valence-corrected chi connectivity index (χ3v) is 7.34. The van der Waals surface area contributed by atoms with Gasteiger partial charge in [0.05, 0.1) is 32.6 Å². The van der Waals surface area contributed by atoms with Crippen LogP contribution in [-0.2, 0) is 20.7 Å². The number of thiazole rings is 1. The molecule has 2 aromatic carbocycles. The van der Waals surface area contributed by atoms with E-state index >= 15 is 0 Å². The van der Waals surface area contributed by atoms with Gasteiger partial charge >= 0.3 is 12.1 Å². The highest BCUT2D eigenvalue weighted by molar-refractivity contribution is 9.11. The van der Waals surface area contributed by atoms with Gasteiger partial charge in [-0.05, 0) is 60.8 Å². The van der Waals surface area contributed by atoms with E-state index in [1.165, 1.54) is 23.3 Å². The van der Waals surface area contributed by atoms with Crippen LogP contribution in [0.4, 0.5) is 9.93 Å². The maximum absolute atomic E-state index is 13.3. The van der Waals surface area contributed by atoms with Crippen LogP contribution >= 0.6 is 50.5 Å². The van der Waals surface area contributed by atoms with E-state index in [2.05, 4.69) is 15.9 Å². The lowest BCUT2D eigenvalue weighted by Crippen LogP contribution is -2.42. The van der Waals surface area contributed by atoms with Gasteiger partial charge in [-0.15, -0.1) is 0 Å². The summed E-state index contributed by atoms with van der Waals surface area (Å²) in [6.45, 7) is 5.37. The van der Waals surface area contributed by atoms with Crippen LogP contribution in [0.2, 0.25) is 10.0 Å². The molecule has 186 valence electrons. The second-order valence-electron chi connectivity index (χ2n) is 8.75. The lowest BCUT2D eigenvalue weighted by atomic mass is 9.99. The van der Waals surface area contributed by atoms with Crippen molar-refractivity contribution in [2.75, 3.05) is 18.6 Å². The standard InChI is InChI=1S/C25H25BrCl2N2O4S/c1-25(2,3)34-24(32)30(14-17(22(31)33-4)12-15-8-6-5-7-9-15)23-29-20(21(26)35-23)16-10-11-18(27)19(28)13-16/h5-11,13,17H,12,14H2,1-4H3. The minimum Gasteiger partial charge on any atom is -0.469 e. The predicted molar refractivity (Wildman–Crippen MR) is 145 cm³/mol. The number of benzene rings is 2. The Morgan fingerprint density at radius 1 is 1.11 bits per heavy atom. The molecule has 1 amide bonds. The van der Waals surface area contributed by atoms with E-state index in [4.69, 9.17) is 37.7 Å². The van der Waals surface area contributed by atoms with Gasteiger partial charge in [-0.1, -0.05) is 70.9 Å². The molecular formula is C25H25BrCl2N2O4S. The number of anilines is 1. The number of nitrogens with zero attached hydrogens (tertiary/aromatic N) is 2. The number of hydrogen-bond donors (Lipinski definition) is 0. The zero-order valence-electron chi connectivity index (χ0n) is 19.7. The molecule has 0 N–H and O–H groups in total. The quantitative estimate of drug-likeness (QED) is 0.261. The van der Waals surface area contributed by atoms with Gasteiger partial charge < -0.3 is 9.47 Å². The van der Waals surface area contributed by atoms with Gasteiger partial charge in [-0.2, -0.15) is 0 Å². The summed E-state index contributed by atoms with van der Waals surface area (Å²) in [7, 11) is 1.33. The molecular weight excluding hydrogens is 575 g/mol. The van der Waals surface area contributed by atoms with Crippen molar-refractivity contribution in [1.29, 1.82) is 0 Å². The Morgan fingerprint density at radius 2 is 1.80 bits per heavy atom. The Bertz CT molecular complexity index is 1200. The Morgan fingerprint density at radius 3 is 2.40 bits per heavy atom. The molecule has 1 atom stereocenters. The first kappa shape index (κ1) is 27.5. The lowest BCUT2D eigenvalue weighted by molar-refractivity contribution is -0.145. The van der Waals surface area contributed by atoms with Gasteiger partial charge in [-0.25, -0.2) is 9.78 Å². The van der Waals surface area contributed by atoms with Crippen LogP contribution in [-0.4, -0.2) is 36.3 Å². The Balaban J connectivity index is 2.00. The fraction of sp³-hybridized carbons (Fsp3) is 0.320. The number of esters is 1. The molecule has 3 aromatic rings. The number of methoxy groups -OCH3 is 1. The van der Waals surface area contributed by atoms with E-state index in [0.717, 1.165) is 11.1 Å². The fourth-order valence-corrected chi connectivity index (χ4v) is 5.15. The van der Waals surface area contributed by atoms with Crippen LogP contribution in [0.25, 0.3) is 11.3 Å².